The van der Waals surface area contributed by atoms with Gasteiger partial charge in [0.15, 0.2) is 5.12 Å². The summed E-state index contributed by atoms with van der Waals surface area (Å²) in [5, 5.41) is -1.35. The summed E-state index contributed by atoms with van der Waals surface area (Å²) in [6, 6.07) is 0. The second-order valence-electron chi connectivity index (χ2n) is 6.42. The van der Waals surface area contributed by atoms with Crippen LogP contribution in [0.4, 0.5) is 57.1 Å². The largest absolute Gasteiger partial charge is 0.460 e. The van der Waals surface area contributed by atoms with E-state index in [0.717, 1.165) is 13.8 Å². The van der Waals surface area contributed by atoms with Crippen LogP contribution in [0.1, 0.15) is 27.2 Å². The van der Waals surface area contributed by atoms with E-state index < -0.39 is 63.0 Å². The molecule has 0 spiro atoms. The molecular weight excluding hydrogens is 463 g/mol. The van der Waals surface area contributed by atoms with Crippen molar-refractivity contribution in [2.24, 2.45) is 5.41 Å². The molecule has 15 heteroatoms. The number of allylic oxidation sites excluding steroid dienone is 1. The van der Waals surface area contributed by atoms with Crippen LogP contribution in [0.3, 0.4) is 0 Å². The second-order valence-corrected chi connectivity index (χ2v) is 7.49. The zero-order valence-corrected chi connectivity index (χ0v) is 15.5. The average Bonchev–Trinajstić information content (AvgIpc) is 2.52. The van der Waals surface area contributed by atoms with Crippen molar-refractivity contribution in [3.63, 3.8) is 0 Å². The Labute approximate surface area is 159 Å². The highest BCUT2D eigenvalue weighted by molar-refractivity contribution is 8.17. The predicted molar refractivity (Wildman–Crippen MR) is 76.6 cm³/mol. The van der Waals surface area contributed by atoms with Crippen LogP contribution in [0.5, 0.6) is 0 Å². The molecule has 0 saturated carbocycles. The molecule has 0 aliphatic rings. The van der Waals surface area contributed by atoms with Crippen molar-refractivity contribution in [3.05, 3.63) is 11.5 Å². The molecule has 0 unspecified atom stereocenters. The maximum absolute atomic E-state index is 13.8. The molecule has 0 N–H and O–H groups in total. The van der Waals surface area contributed by atoms with E-state index in [1.165, 1.54) is 6.92 Å². The molecule has 0 atom stereocenters. The first kappa shape index (κ1) is 27.8. The fourth-order valence-corrected chi connectivity index (χ4v) is 2.30. The van der Waals surface area contributed by atoms with Crippen molar-refractivity contribution >= 4 is 16.9 Å². The quantitative estimate of drug-likeness (QED) is 0.354. The fourth-order valence-electron chi connectivity index (χ4n) is 1.40. The van der Waals surface area contributed by atoms with E-state index in [2.05, 4.69) is 6.58 Å². The van der Waals surface area contributed by atoms with Crippen molar-refractivity contribution in [1.82, 2.24) is 0 Å². The number of carbonyl (C=O) groups excluding carboxylic acids is 1. The second kappa shape index (κ2) is 7.52. The minimum Gasteiger partial charge on any atom is -0.286 e. The van der Waals surface area contributed by atoms with Crippen LogP contribution >= 0.6 is 11.8 Å². The molecule has 29 heavy (non-hydrogen) atoms. The molecule has 0 aliphatic heterocycles. The summed E-state index contributed by atoms with van der Waals surface area (Å²) in [5.41, 5.74) is -1.51. The van der Waals surface area contributed by atoms with Crippen LogP contribution < -0.4 is 0 Å². The molecule has 172 valence electrons. The Hall–Kier alpha value is -1.15. The van der Waals surface area contributed by atoms with Gasteiger partial charge in [0.05, 0.1) is 4.91 Å². The minimum absolute atomic E-state index is 0.0832. The SMILES string of the molecule is C=C(SC(=O)C(C)(C)CC)C(F)(F)C(F)(F)C(F)(F)C(F)(F)C(F)(F)C(F)(F)F. The molecule has 0 aromatic rings. The standard InChI is InChI=1S/C14H13F13OS/c1-5-8(3,4)7(28)29-6(2)9(15,16)10(17,18)11(19,20)12(21,22)13(23,24)14(25,26)27/h2,5H2,1,3-4H3. The van der Waals surface area contributed by atoms with Gasteiger partial charge < -0.3 is 0 Å². The maximum Gasteiger partial charge on any atom is 0.460 e. The van der Waals surface area contributed by atoms with E-state index in [-0.39, 0.29) is 6.42 Å². The van der Waals surface area contributed by atoms with Crippen molar-refractivity contribution < 1.29 is 61.9 Å². The van der Waals surface area contributed by atoms with E-state index in [4.69, 9.17) is 0 Å². The first-order valence-electron chi connectivity index (χ1n) is 7.23. The number of carbonyl (C=O) groups is 1. The van der Waals surface area contributed by atoms with Crippen LogP contribution in [0, 0.1) is 5.41 Å². The summed E-state index contributed by atoms with van der Waals surface area (Å²) >= 11 is -0.847. The molecule has 0 rings (SSSR count). The number of halogens is 13. The van der Waals surface area contributed by atoms with Gasteiger partial charge in [0.2, 0.25) is 0 Å². The highest BCUT2D eigenvalue weighted by Gasteiger charge is 2.91. The number of alkyl halides is 13. The monoisotopic (exact) mass is 476 g/mol. The van der Waals surface area contributed by atoms with Crippen LogP contribution in [0.15, 0.2) is 11.5 Å². The third kappa shape index (κ3) is 4.20. The molecule has 0 fully saturated rings. The van der Waals surface area contributed by atoms with Gasteiger partial charge in [-0.1, -0.05) is 27.4 Å². The van der Waals surface area contributed by atoms with E-state index in [9.17, 15) is 61.9 Å². The van der Waals surface area contributed by atoms with Gasteiger partial charge in [0.25, 0.3) is 0 Å². The van der Waals surface area contributed by atoms with Gasteiger partial charge in [-0.05, 0) is 18.2 Å². The number of hydrogen-bond acceptors (Lipinski definition) is 2. The summed E-state index contributed by atoms with van der Waals surface area (Å²) in [6.45, 7) is 5.77. The van der Waals surface area contributed by atoms with Gasteiger partial charge in [-0.25, -0.2) is 0 Å². The number of hydrogen-bond donors (Lipinski definition) is 0. The lowest BCUT2D eigenvalue weighted by atomic mass is 9.92. The Balaban J connectivity index is 6.24. The van der Waals surface area contributed by atoms with Gasteiger partial charge in [0.1, 0.15) is 0 Å². The van der Waals surface area contributed by atoms with Gasteiger partial charge in [0, 0.05) is 5.41 Å². The van der Waals surface area contributed by atoms with Crippen LogP contribution in [0.25, 0.3) is 0 Å². The van der Waals surface area contributed by atoms with Crippen molar-refractivity contribution in [2.75, 3.05) is 0 Å². The molecule has 1 nitrogen and oxygen atoms in total. The summed E-state index contributed by atoms with van der Waals surface area (Å²) in [7, 11) is 0. The lowest BCUT2D eigenvalue weighted by molar-refractivity contribution is -0.436. The summed E-state index contributed by atoms with van der Waals surface area (Å²) < 4.78 is 169. The Morgan fingerprint density at radius 2 is 1.07 bits per heavy atom. The first-order chi connectivity index (χ1) is 12.4. The van der Waals surface area contributed by atoms with Crippen LogP contribution in [-0.4, -0.2) is 40.9 Å². The zero-order valence-electron chi connectivity index (χ0n) is 14.6. The Kier molecular flexibility index (Phi) is 7.22. The van der Waals surface area contributed by atoms with Gasteiger partial charge in [-0.3, -0.25) is 4.79 Å². The van der Waals surface area contributed by atoms with Gasteiger partial charge in [-0.2, -0.15) is 57.1 Å². The predicted octanol–water partition coefficient (Wildman–Crippen LogP) is 6.93. The number of rotatable bonds is 8. The summed E-state index contributed by atoms with van der Waals surface area (Å²) in [5.74, 6) is -37.7. The zero-order chi connectivity index (χ0) is 24.1. The molecule has 0 bridgehead atoms. The third-order valence-electron chi connectivity index (χ3n) is 3.94. The van der Waals surface area contributed by atoms with E-state index in [0.29, 0.717) is 0 Å². The van der Waals surface area contributed by atoms with Crippen molar-refractivity contribution in [2.45, 2.75) is 63.0 Å². The molecule has 0 amide bonds. The smallest absolute Gasteiger partial charge is 0.286 e. The summed E-state index contributed by atoms with van der Waals surface area (Å²) in [4.78, 5) is 9.29. The molecule has 0 aromatic carbocycles. The fraction of sp³-hybridized carbons (Fsp3) is 0.786. The highest BCUT2D eigenvalue weighted by Crippen LogP contribution is 2.62. The van der Waals surface area contributed by atoms with Crippen LogP contribution in [0.2, 0.25) is 0 Å². The molecule has 0 aliphatic carbocycles. The normalized spacial score (nSPS) is 15.4. The van der Waals surface area contributed by atoms with E-state index in [1.807, 2.05) is 0 Å². The average molecular weight is 476 g/mol. The molecule has 0 aromatic heterocycles. The van der Waals surface area contributed by atoms with Crippen LogP contribution in [-0.2, 0) is 4.79 Å². The third-order valence-corrected chi connectivity index (χ3v) is 5.18. The Morgan fingerprint density at radius 1 is 0.724 bits per heavy atom. The number of thioether (sulfide) groups is 1. The maximum atomic E-state index is 13.8. The molecule has 0 heterocycles. The molecule has 0 radical (unpaired) electrons. The minimum atomic E-state index is -7.98. The van der Waals surface area contributed by atoms with E-state index >= 15 is 0 Å². The van der Waals surface area contributed by atoms with Crippen molar-refractivity contribution in [1.29, 1.82) is 0 Å². The topological polar surface area (TPSA) is 17.1 Å². The van der Waals surface area contributed by atoms with Gasteiger partial charge in [-0.15, -0.1) is 0 Å². The first-order valence-corrected chi connectivity index (χ1v) is 8.05. The van der Waals surface area contributed by atoms with Gasteiger partial charge >= 0.3 is 35.8 Å². The lowest BCUT2D eigenvalue weighted by Gasteiger charge is -2.40. The Bertz CT molecular complexity index is 648. The van der Waals surface area contributed by atoms with Crippen molar-refractivity contribution in [3.8, 4) is 0 Å². The summed E-state index contributed by atoms with van der Waals surface area (Å²) in [6.07, 6.45) is -7.56. The molecule has 0 saturated heterocycles. The highest BCUT2D eigenvalue weighted by atomic mass is 32.2. The lowest BCUT2D eigenvalue weighted by Crippen LogP contribution is -2.70. The molecular formula is C14H13F13OS. The Morgan fingerprint density at radius 3 is 1.38 bits per heavy atom. The van der Waals surface area contributed by atoms with E-state index in [1.54, 1.807) is 0 Å².